The van der Waals surface area contributed by atoms with Gasteiger partial charge >= 0.3 is 0 Å². The van der Waals surface area contributed by atoms with Crippen LogP contribution >= 0.6 is 0 Å². The zero-order valence-electron chi connectivity index (χ0n) is 14.8. The minimum atomic E-state index is -3.87. The number of nitrogen functional groups attached to an aromatic ring is 1. The van der Waals surface area contributed by atoms with Crippen molar-refractivity contribution < 1.29 is 8.42 Å². The van der Waals surface area contributed by atoms with Gasteiger partial charge < -0.3 is 10.3 Å². The van der Waals surface area contributed by atoms with E-state index in [-0.39, 0.29) is 21.1 Å². The monoisotopic (exact) mass is 378 g/mol. The van der Waals surface area contributed by atoms with E-state index in [1.54, 1.807) is 34.9 Å². The van der Waals surface area contributed by atoms with E-state index in [0.717, 1.165) is 5.56 Å². The topological polar surface area (TPSA) is 90.9 Å². The van der Waals surface area contributed by atoms with Crippen LogP contribution in [-0.2, 0) is 16.4 Å². The number of fused-ring (bicyclic) bond motifs is 2. The maximum atomic E-state index is 13.4. The third-order valence-corrected chi connectivity index (χ3v) is 6.24. The fourth-order valence-corrected chi connectivity index (χ4v) is 4.78. The molecule has 136 valence electrons. The molecule has 0 radical (unpaired) electrons. The number of nitrogens with two attached hydrogens (primary N) is 1. The highest BCUT2D eigenvalue weighted by atomic mass is 32.2. The van der Waals surface area contributed by atoms with Crippen molar-refractivity contribution in [2.45, 2.75) is 23.3 Å². The molecule has 0 spiro atoms. The summed E-state index contributed by atoms with van der Waals surface area (Å²) in [6, 6.07) is 14.1. The lowest BCUT2D eigenvalue weighted by molar-refractivity contribution is 0.596. The summed E-state index contributed by atoms with van der Waals surface area (Å²) in [4.78, 5) is 9.36. The van der Waals surface area contributed by atoms with Gasteiger partial charge in [0.25, 0.3) is 0 Å². The fraction of sp³-hybridized carbons (Fsp3) is 0.100. The van der Waals surface area contributed by atoms with Crippen LogP contribution in [0.5, 0.6) is 0 Å². The second-order valence-corrected chi connectivity index (χ2v) is 8.20. The summed E-state index contributed by atoms with van der Waals surface area (Å²) in [5.41, 5.74) is 9.12. The summed E-state index contributed by atoms with van der Waals surface area (Å²) < 4.78 is 28.4. The predicted octanol–water partition coefficient (Wildman–Crippen LogP) is 3.49. The van der Waals surface area contributed by atoms with E-state index in [0.29, 0.717) is 23.2 Å². The molecule has 0 saturated heterocycles. The number of para-hydroxylation sites is 2. The van der Waals surface area contributed by atoms with Crippen LogP contribution in [-0.4, -0.2) is 23.0 Å². The van der Waals surface area contributed by atoms with Gasteiger partial charge in [-0.1, -0.05) is 30.3 Å². The van der Waals surface area contributed by atoms with Crippen molar-refractivity contribution in [1.82, 2.24) is 14.5 Å². The summed E-state index contributed by atoms with van der Waals surface area (Å²) in [6.07, 6.45) is 1.65. The summed E-state index contributed by atoms with van der Waals surface area (Å²) in [6.45, 7) is 5.91. The Morgan fingerprint density at radius 1 is 1.11 bits per heavy atom. The van der Waals surface area contributed by atoms with Gasteiger partial charge in [-0.15, -0.1) is 6.58 Å². The Morgan fingerprint density at radius 3 is 2.48 bits per heavy atom. The van der Waals surface area contributed by atoms with Gasteiger partial charge in [-0.25, -0.2) is 18.4 Å². The summed E-state index contributed by atoms with van der Waals surface area (Å²) >= 11 is 0. The number of aryl methyl sites for hydroxylation is 1. The summed E-state index contributed by atoms with van der Waals surface area (Å²) in [5, 5.41) is 0. The van der Waals surface area contributed by atoms with E-state index in [4.69, 9.17) is 5.73 Å². The molecule has 4 rings (SSSR count). The normalized spacial score (nSPS) is 11.9. The summed E-state index contributed by atoms with van der Waals surface area (Å²) in [5.74, 6) is 0.113. The Hall–Kier alpha value is -3.19. The van der Waals surface area contributed by atoms with E-state index in [1.165, 1.54) is 0 Å². The van der Waals surface area contributed by atoms with Gasteiger partial charge in [-0.3, -0.25) is 0 Å². The second-order valence-electron chi connectivity index (χ2n) is 6.32. The van der Waals surface area contributed by atoms with Gasteiger partial charge in [0, 0.05) is 6.54 Å². The Bertz CT molecular complexity index is 1310. The maximum absolute atomic E-state index is 13.4. The largest absolute Gasteiger partial charge is 0.384 e. The summed E-state index contributed by atoms with van der Waals surface area (Å²) in [7, 11) is -3.87. The highest BCUT2D eigenvalue weighted by molar-refractivity contribution is 7.92. The molecular weight excluding hydrogens is 360 g/mol. The fourth-order valence-electron chi connectivity index (χ4n) is 3.17. The van der Waals surface area contributed by atoms with Crippen molar-refractivity contribution in [1.29, 1.82) is 0 Å². The van der Waals surface area contributed by atoms with Crippen LogP contribution < -0.4 is 5.73 Å². The number of rotatable bonds is 4. The van der Waals surface area contributed by atoms with E-state index in [1.807, 2.05) is 31.2 Å². The Labute approximate surface area is 156 Å². The molecule has 2 heterocycles. The molecular formula is C20H18N4O2S. The van der Waals surface area contributed by atoms with Crippen LogP contribution in [0.2, 0.25) is 0 Å². The number of benzene rings is 2. The molecule has 4 aromatic rings. The molecule has 0 amide bonds. The maximum Gasteiger partial charge on any atom is 0.212 e. The minimum Gasteiger partial charge on any atom is -0.384 e. The molecule has 0 aliphatic rings. The predicted molar refractivity (Wildman–Crippen MR) is 106 cm³/mol. The van der Waals surface area contributed by atoms with Crippen molar-refractivity contribution >= 4 is 37.9 Å². The van der Waals surface area contributed by atoms with Gasteiger partial charge in [0.2, 0.25) is 9.84 Å². The van der Waals surface area contributed by atoms with Gasteiger partial charge in [0.15, 0.2) is 5.65 Å². The first-order valence-corrected chi connectivity index (χ1v) is 9.89. The highest BCUT2D eigenvalue weighted by Crippen LogP contribution is 2.35. The van der Waals surface area contributed by atoms with E-state index in [2.05, 4.69) is 16.5 Å². The molecule has 0 unspecified atom stereocenters. The van der Waals surface area contributed by atoms with Gasteiger partial charge in [0.05, 0.1) is 15.9 Å². The molecule has 27 heavy (non-hydrogen) atoms. The lowest BCUT2D eigenvalue weighted by Crippen LogP contribution is -2.08. The SMILES string of the molecule is C=CCn1c(N)c(S(=O)(=O)c2cccc(C)c2)c2nc3ccccc3nc21. The van der Waals surface area contributed by atoms with E-state index in [9.17, 15) is 8.42 Å². The lowest BCUT2D eigenvalue weighted by atomic mass is 10.2. The average molecular weight is 378 g/mol. The molecule has 0 aliphatic carbocycles. The Morgan fingerprint density at radius 2 is 1.81 bits per heavy atom. The Kier molecular flexibility index (Phi) is 3.96. The van der Waals surface area contributed by atoms with E-state index < -0.39 is 9.84 Å². The van der Waals surface area contributed by atoms with Gasteiger partial charge in [0.1, 0.15) is 16.2 Å². The molecule has 6 nitrogen and oxygen atoms in total. The van der Waals surface area contributed by atoms with Crippen molar-refractivity contribution in [2.75, 3.05) is 5.73 Å². The number of anilines is 1. The van der Waals surface area contributed by atoms with Gasteiger partial charge in [-0.05, 0) is 36.8 Å². The van der Waals surface area contributed by atoms with Crippen molar-refractivity contribution in [2.24, 2.45) is 0 Å². The first-order valence-electron chi connectivity index (χ1n) is 8.40. The van der Waals surface area contributed by atoms with Crippen LogP contribution in [0.15, 0.2) is 71.0 Å². The molecule has 0 saturated carbocycles. The molecule has 2 aromatic heterocycles. The molecule has 0 aliphatic heterocycles. The minimum absolute atomic E-state index is 0.0109. The third kappa shape index (κ3) is 2.67. The molecule has 2 N–H and O–H groups in total. The van der Waals surface area contributed by atoms with Crippen molar-refractivity contribution in [3.63, 3.8) is 0 Å². The molecule has 0 fully saturated rings. The number of aromatic nitrogens is 3. The zero-order valence-corrected chi connectivity index (χ0v) is 15.6. The van der Waals surface area contributed by atoms with E-state index >= 15 is 0 Å². The molecule has 0 bridgehead atoms. The highest BCUT2D eigenvalue weighted by Gasteiger charge is 2.29. The molecule has 2 aromatic carbocycles. The van der Waals surface area contributed by atoms with Crippen LogP contribution in [0.3, 0.4) is 0 Å². The molecule has 0 atom stereocenters. The number of sulfone groups is 1. The number of hydrogen-bond donors (Lipinski definition) is 1. The number of hydrogen-bond acceptors (Lipinski definition) is 5. The van der Waals surface area contributed by atoms with Gasteiger partial charge in [-0.2, -0.15) is 0 Å². The van der Waals surface area contributed by atoms with Crippen LogP contribution in [0.25, 0.3) is 22.2 Å². The second kappa shape index (κ2) is 6.21. The third-order valence-electron chi connectivity index (χ3n) is 4.43. The standard InChI is InChI=1S/C20H18N4O2S/c1-3-11-24-19(21)18(27(25,26)14-8-6-7-13(2)12-14)17-20(24)23-16-10-5-4-9-15(16)22-17/h3-10,12H,1,11,21H2,2H3. The number of nitrogens with zero attached hydrogens (tertiary/aromatic N) is 3. The van der Waals surface area contributed by atoms with Crippen LogP contribution in [0.4, 0.5) is 5.82 Å². The van der Waals surface area contributed by atoms with Crippen LogP contribution in [0.1, 0.15) is 5.56 Å². The van der Waals surface area contributed by atoms with Crippen LogP contribution in [0, 0.1) is 6.92 Å². The average Bonchev–Trinajstić information content (AvgIpc) is 2.92. The molecule has 7 heteroatoms. The zero-order chi connectivity index (χ0) is 19.2. The number of allylic oxidation sites excluding steroid dienone is 1. The van der Waals surface area contributed by atoms with Crippen molar-refractivity contribution in [3.8, 4) is 0 Å². The first-order chi connectivity index (χ1) is 12.9. The smallest absolute Gasteiger partial charge is 0.212 e. The Balaban J connectivity index is 2.12. The van der Waals surface area contributed by atoms with Crippen molar-refractivity contribution in [3.05, 3.63) is 66.7 Å². The quantitative estimate of drug-likeness (QED) is 0.549. The lowest BCUT2D eigenvalue weighted by Gasteiger charge is -2.06. The first kappa shape index (κ1) is 17.2.